The van der Waals surface area contributed by atoms with Crippen LogP contribution in [0.2, 0.25) is 0 Å². The van der Waals surface area contributed by atoms with Gasteiger partial charge in [-0.2, -0.15) is 10.5 Å². The Bertz CT molecular complexity index is 514. The molecule has 0 saturated heterocycles. The Morgan fingerprint density at radius 1 is 1.25 bits per heavy atom. The average molecular weight is 275 g/mol. The van der Waals surface area contributed by atoms with Crippen molar-refractivity contribution in [2.24, 2.45) is 10.7 Å². The Labute approximate surface area is 101 Å². The maximum Gasteiger partial charge on any atom is 0.174 e. The molecule has 0 amide bonds. The number of rotatable bonds is 2. The zero-order valence-electron chi connectivity index (χ0n) is 8.18. The largest absolute Gasteiger partial charge is 0.388 e. The van der Waals surface area contributed by atoms with Crippen molar-refractivity contribution in [1.29, 1.82) is 10.5 Å². The number of aliphatic imine (C=N–C) groups is 1. The molecule has 0 radical (unpaired) electrons. The monoisotopic (exact) mass is 274 g/mol. The van der Waals surface area contributed by atoms with Gasteiger partial charge in [-0.3, -0.25) is 0 Å². The summed E-state index contributed by atoms with van der Waals surface area (Å²) >= 11 is 3.30. The Balaban J connectivity index is 2.94. The molecule has 2 N–H and O–H groups in total. The second kappa shape index (κ2) is 5.69. The molecular weight excluding hydrogens is 268 g/mol. The van der Waals surface area contributed by atoms with Crippen LogP contribution in [0.5, 0.6) is 0 Å². The number of halogens is 1. The smallest absolute Gasteiger partial charge is 0.174 e. The highest BCUT2D eigenvalue weighted by Gasteiger charge is 1.98. The van der Waals surface area contributed by atoms with E-state index in [2.05, 4.69) is 20.9 Å². The lowest BCUT2D eigenvalue weighted by Gasteiger charge is -1.93. The molecule has 0 unspecified atom stereocenters. The normalized spacial score (nSPS) is 11.7. The zero-order chi connectivity index (χ0) is 12.0. The molecule has 0 heterocycles. The lowest BCUT2D eigenvalue weighted by atomic mass is 10.2. The number of benzene rings is 1. The van der Waals surface area contributed by atoms with Gasteiger partial charge in [-0.1, -0.05) is 28.1 Å². The Morgan fingerprint density at radius 2 is 1.88 bits per heavy atom. The van der Waals surface area contributed by atoms with Crippen molar-refractivity contribution in [1.82, 2.24) is 0 Å². The average Bonchev–Trinajstić information content (AvgIpc) is 2.31. The summed E-state index contributed by atoms with van der Waals surface area (Å²) in [6, 6.07) is 10.8. The van der Waals surface area contributed by atoms with E-state index in [1.54, 1.807) is 12.1 Å². The minimum Gasteiger partial charge on any atom is -0.388 e. The first kappa shape index (κ1) is 12.0. The van der Waals surface area contributed by atoms with Crippen molar-refractivity contribution in [3.05, 3.63) is 45.7 Å². The molecule has 1 aromatic carbocycles. The van der Waals surface area contributed by atoms with Crippen molar-refractivity contribution in [2.45, 2.75) is 0 Å². The molecule has 1 aromatic rings. The Hall–Kier alpha value is -2.11. The molecule has 16 heavy (non-hydrogen) atoms. The zero-order valence-corrected chi connectivity index (χ0v) is 9.77. The molecule has 5 heteroatoms. The van der Waals surface area contributed by atoms with E-state index in [1.165, 1.54) is 6.21 Å². The van der Waals surface area contributed by atoms with Crippen molar-refractivity contribution < 1.29 is 0 Å². The number of nitrogens with zero attached hydrogens (tertiary/aromatic N) is 3. The minimum atomic E-state index is -0.184. The standard InChI is InChI=1S/C11H7BrN4/c12-9-3-1-8(2-4-9)7-16-11(6-14)10(15)5-13/h1-4,7H,15H2/b11-10+,16-7+. The van der Waals surface area contributed by atoms with E-state index in [0.717, 1.165) is 10.0 Å². The SMILES string of the molecule is N#C/C(N)=C(C#N)\N=C\c1ccc(Br)cc1. The third-order valence-corrected chi connectivity index (χ3v) is 2.22. The summed E-state index contributed by atoms with van der Waals surface area (Å²) in [6.07, 6.45) is 1.48. The maximum absolute atomic E-state index is 8.69. The van der Waals surface area contributed by atoms with Gasteiger partial charge < -0.3 is 5.73 Å². The van der Waals surface area contributed by atoms with E-state index in [-0.39, 0.29) is 11.4 Å². The third-order valence-electron chi connectivity index (χ3n) is 1.69. The molecular formula is C11H7BrN4. The molecule has 1 rings (SSSR count). The molecule has 0 atom stereocenters. The minimum absolute atomic E-state index is 0.0783. The van der Waals surface area contributed by atoms with Crippen LogP contribution in [0, 0.1) is 22.7 Å². The summed E-state index contributed by atoms with van der Waals surface area (Å²) in [5, 5.41) is 17.2. The van der Waals surface area contributed by atoms with Crippen molar-refractivity contribution in [3.8, 4) is 12.1 Å². The molecule has 0 bridgehead atoms. The van der Waals surface area contributed by atoms with Crippen LogP contribution in [0.4, 0.5) is 0 Å². The van der Waals surface area contributed by atoms with Gasteiger partial charge in [0.05, 0.1) is 0 Å². The van der Waals surface area contributed by atoms with Gasteiger partial charge in [-0.15, -0.1) is 0 Å². The Kier molecular flexibility index (Phi) is 4.26. The van der Waals surface area contributed by atoms with Crippen LogP contribution in [0.1, 0.15) is 5.56 Å². The highest BCUT2D eigenvalue weighted by atomic mass is 79.9. The number of nitrogens with two attached hydrogens (primary N) is 1. The summed E-state index contributed by atoms with van der Waals surface area (Å²) in [5.41, 5.74) is 5.85. The number of hydrogen-bond donors (Lipinski definition) is 1. The van der Waals surface area contributed by atoms with E-state index in [9.17, 15) is 0 Å². The van der Waals surface area contributed by atoms with E-state index in [0.29, 0.717) is 0 Å². The molecule has 0 fully saturated rings. The van der Waals surface area contributed by atoms with Crippen LogP contribution in [0.15, 0.2) is 45.1 Å². The lowest BCUT2D eigenvalue weighted by Crippen LogP contribution is -1.97. The molecule has 78 valence electrons. The fraction of sp³-hybridized carbons (Fsp3) is 0. The van der Waals surface area contributed by atoms with Gasteiger partial charge in [0.15, 0.2) is 5.70 Å². The van der Waals surface area contributed by atoms with Gasteiger partial charge in [0.2, 0.25) is 0 Å². The van der Waals surface area contributed by atoms with E-state index < -0.39 is 0 Å². The molecule has 4 nitrogen and oxygen atoms in total. The van der Waals surface area contributed by atoms with Gasteiger partial charge in [0.25, 0.3) is 0 Å². The van der Waals surface area contributed by atoms with Crippen LogP contribution in [0.3, 0.4) is 0 Å². The van der Waals surface area contributed by atoms with Gasteiger partial charge in [-0.05, 0) is 17.7 Å². The number of hydrogen-bond acceptors (Lipinski definition) is 4. The van der Waals surface area contributed by atoms with Crippen LogP contribution in [0.25, 0.3) is 0 Å². The molecule has 0 aliphatic carbocycles. The van der Waals surface area contributed by atoms with Crippen LogP contribution in [-0.4, -0.2) is 6.21 Å². The fourth-order valence-corrected chi connectivity index (χ4v) is 1.16. The van der Waals surface area contributed by atoms with Gasteiger partial charge in [0.1, 0.15) is 17.8 Å². The first-order chi connectivity index (χ1) is 7.67. The molecule has 0 spiro atoms. The quantitative estimate of drug-likeness (QED) is 0.662. The summed E-state index contributed by atoms with van der Waals surface area (Å²) < 4.78 is 0.956. The fourth-order valence-electron chi connectivity index (χ4n) is 0.900. The van der Waals surface area contributed by atoms with Crippen molar-refractivity contribution >= 4 is 22.1 Å². The lowest BCUT2D eigenvalue weighted by molar-refractivity contribution is 1.27. The topological polar surface area (TPSA) is 86.0 Å². The summed E-state index contributed by atoms with van der Waals surface area (Å²) in [7, 11) is 0. The number of allylic oxidation sites excluding steroid dienone is 2. The summed E-state index contributed by atoms with van der Waals surface area (Å²) in [5.74, 6) is 0. The van der Waals surface area contributed by atoms with Gasteiger partial charge in [-0.25, -0.2) is 4.99 Å². The van der Waals surface area contributed by atoms with Crippen LogP contribution in [-0.2, 0) is 0 Å². The second-order valence-corrected chi connectivity index (χ2v) is 3.71. The summed E-state index contributed by atoms with van der Waals surface area (Å²) in [6.45, 7) is 0. The number of nitriles is 2. The molecule has 0 aliphatic heterocycles. The van der Waals surface area contributed by atoms with E-state index >= 15 is 0 Å². The third kappa shape index (κ3) is 3.23. The van der Waals surface area contributed by atoms with E-state index in [4.69, 9.17) is 16.3 Å². The highest BCUT2D eigenvalue weighted by Crippen LogP contribution is 2.09. The van der Waals surface area contributed by atoms with Crippen LogP contribution < -0.4 is 5.73 Å². The maximum atomic E-state index is 8.69. The van der Waals surface area contributed by atoms with E-state index in [1.807, 2.05) is 24.3 Å². The predicted molar refractivity (Wildman–Crippen MR) is 64.2 cm³/mol. The molecule has 0 saturated carbocycles. The first-order valence-corrected chi connectivity index (χ1v) is 5.06. The van der Waals surface area contributed by atoms with Gasteiger partial charge in [0, 0.05) is 10.7 Å². The first-order valence-electron chi connectivity index (χ1n) is 4.27. The molecule has 0 aliphatic rings. The summed E-state index contributed by atoms with van der Waals surface area (Å²) in [4.78, 5) is 3.84. The van der Waals surface area contributed by atoms with Crippen molar-refractivity contribution in [3.63, 3.8) is 0 Å². The van der Waals surface area contributed by atoms with Gasteiger partial charge >= 0.3 is 0 Å². The Morgan fingerprint density at radius 3 is 2.38 bits per heavy atom. The molecule has 0 aromatic heterocycles. The second-order valence-electron chi connectivity index (χ2n) is 2.80. The van der Waals surface area contributed by atoms with Crippen molar-refractivity contribution in [2.75, 3.05) is 0 Å². The van der Waals surface area contributed by atoms with Crippen LogP contribution >= 0.6 is 15.9 Å². The highest BCUT2D eigenvalue weighted by molar-refractivity contribution is 9.10. The predicted octanol–water partition coefficient (Wildman–Crippen LogP) is 2.09.